The van der Waals surface area contributed by atoms with Crippen molar-refractivity contribution < 1.29 is 24.2 Å². The van der Waals surface area contributed by atoms with Crippen LogP contribution in [0.4, 0.5) is 10.5 Å². The number of ether oxygens (including phenoxy) is 2. The van der Waals surface area contributed by atoms with Gasteiger partial charge in [0.1, 0.15) is 12.4 Å². The summed E-state index contributed by atoms with van der Waals surface area (Å²) in [6.07, 6.45) is 0.268. The molecule has 38 heavy (non-hydrogen) atoms. The van der Waals surface area contributed by atoms with Gasteiger partial charge in [-0.25, -0.2) is 9.59 Å². The summed E-state index contributed by atoms with van der Waals surface area (Å²) in [7, 11) is 0. The highest BCUT2D eigenvalue weighted by molar-refractivity contribution is 7.99. The van der Waals surface area contributed by atoms with Crippen LogP contribution < -0.4 is 10.1 Å². The van der Waals surface area contributed by atoms with Gasteiger partial charge >= 0.3 is 12.0 Å². The van der Waals surface area contributed by atoms with Crippen molar-refractivity contribution >= 4 is 29.4 Å². The minimum Gasteiger partial charge on any atom is -0.492 e. The van der Waals surface area contributed by atoms with E-state index in [-0.39, 0.29) is 12.5 Å². The molecule has 0 radical (unpaired) electrons. The van der Waals surface area contributed by atoms with Gasteiger partial charge in [0.2, 0.25) is 0 Å². The number of para-hydroxylation sites is 1. The lowest BCUT2D eigenvalue weighted by molar-refractivity contribution is -0.149. The molecule has 1 unspecified atom stereocenters. The maximum atomic E-state index is 13.1. The van der Waals surface area contributed by atoms with Crippen LogP contribution in [-0.4, -0.2) is 60.2 Å². The van der Waals surface area contributed by atoms with Crippen molar-refractivity contribution in [2.24, 2.45) is 0 Å². The number of urea groups is 1. The van der Waals surface area contributed by atoms with Gasteiger partial charge < -0.3 is 24.8 Å². The summed E-state index contributed by atoms with van der Waals surface area (Å²) < 4.78 is 11.2. The number of aliphatic carboxylic acids is 1. The van der Waals surface area contributed by atoms with Crippen molar-refractivity contribution in [2.75, 3.05) is 37.4 Å². The first-order valence-corrected chi connectivity index (χ1v) is 13.8. The van der Waals surface area contributed by atoms with E-state index in [1.54, 1.807) is 23.6 Å². The third-order valence-corrected chi connectivity index (χ3v) is 6.97. The average Bonchev–Trinajstić information content (AvgIpc) is 2.92. The van der Waals surface area contributed by atoms with Gasteiger partial charge in [-0.15, -0.1) is 11.8 Å². The fraction of sp³-hybridized carbons (Fsp3) is 0.333. The number of aryl methyl sites for hydroxylation is 1. The van der Waals surface area contributed by atoms with Crippen LogP contribution in [0.1, 0.15) is 24.5 Å². The molecule has 2 amide bonds. The number of benzene rings is 3. The lowest BCUT2D eigenvalue weighted by atomic mass is 10.1. The Hall–Kier alpha value is -3.49. The van der Waals surface area contributed by atoms with E-state index in [9.17, 15) is 14.7 Å². The van der Waals surface area contributed by atoms with Crippen LogP contribution in [-0.2, 0) is 16.0 Å². The highest BCUT2D eigenvalue weighted by Gasteiger charge is 2.18. The molecule has 202 valence electrons. The van der Waals surface area contributed by atoms with Crippen molar-refractivity contribution in [1.29, 1.82) is 0 Å². The number of thioether (sulfide) groups is 1. The number of hydrogen-bond donors (Lipinski definition) is 2. The molecule has 0 spiro atoms. The van der Waals surface area contributed by atoms with E-state index in [0.29, 0.717) is 32.1 Å². The van der Waals surface area contributed by atoms with Crippen LogP contribution in [0.2, 0.25) is 0 Å². The second-order valence-corrected chi connectivity index (χ2v) is 9.89. The maximum Gasteiger partial charge on any atom is 0.333 e. The van der Waals surface area contributed by atoms with Crippen LogP contribution >= 0.6 is 11.8 Å². The quantitative estimate of drug-likeness (QED) is 0.180. The molecule has 3 aromatic rings. The molecule has 2 N–H and O–H groups in total. The predicted octanol–water partition coefficient (Wildman–Crippen LogP) is 6.12. The molecule has 3 aromatic carbocycles. The van der Waals surface area contributed by atoms with Crippen molar-refractivity contribution in [2.45, 2.75) is 37.7 Å². The highest BCUT2D eigenvalue weighted by atomic mass is 32.2. The third kappa shape index (κ3) is 9.76. The molecule has 7 nitrogen and oxygen atoms in total. The molecule has 3 rings (SSSR count). The zero-order chi connectivity index (χ0) is 27.2. The standard InChI is InChI=1S/C30H36N2O5S/c1-3-36-28(29(33)34)22-24-14-16-25(17-15-24)37-20-19-32(18-9-21-38-26-11-5-4-6-12-26)30(35)31-27-13-8-7-10-23(27)2/h4-8,10-17,28H,3,9,18-22H2,1-2H3,(H,31,35)(H,33,34). The van der Waals surface area contributed by atoms with E-state index < -0.39 is 12.1 Å². The van der Waals surface area contributed by atoms with Crippen LogP contribution in [0.15, 0.2) is 83.8 Å². The summed E-state index contributed by atoms with van der Waals surface area (Å²) in [6, 6.07) is 25.1. The molecule has 8 heteroatoms. The van der Waals surface area contributed by atoms with Gasteiger partial charge in [-0.3, -0.25) is 0 Å². The number of rotatable bonds is 15. The smallest absolute Gasteiger partial charge is 0.333 e. The number of carbonyl (C=O) groups excluding carboxylic acids is 1. The highest BCUT2D eigenvalue weighted by Crippen LogP contribution is 2.19. The Kier molecular flexibility index (Phi) is 12.0. The predicted molar refractivity (Wildman–Crippen MR) is 152 cm³/mol. The Morgan fingerprint density at radius 2 is 1.68 bits per heavy atom. The normalized spacial score (nSPS) is 11.5. The first kappa shape index (κ1) is 29.1. The number of nitrogens with one attached hydrogen (secondary N) is 1. The van der Waals surface area contributed by atoms with Crippen molar-refractivity contribution in [3.63, 3.8) is 0 Å². The van der Waals surface area contributed by atoms with Gasteiger partial charge in [0.15, 0.2) is 6.10 Å². The molecule has 0 heterocycles. The summed E-state index contributed by atoms with van der Waals surface area (Å²) in [4.78, 5) is 27.5. The number of carboxylic acid groups (broad SMARTS) is 1. The fourth-order valence-electron chi connectivity index (χ4n) is 3.81. The zero-order valence-electron chi connectivity index (χ0n) is 22.0. The molecule has 0 saturated heterocycles. The molecule has 0 saturated carbocycles. The van der Waals surface area contributed by atoms with Crippen LogP contribution in [0.5, 0.6) is 5.75 Å². The van der Waals surface area contributed by atoms with Gasteiger partial charge in [-0.05, 0) is 67.5 Å². The first-order valence-electron chi connectivity index (χ1n) is 12.8. The summed E-state index contributed by atoms with van der Waals surface area (Å²) >= 11 is 1.78. The first-order chi connectivity index (χ1) is 18.5. The van der Waals surface area contributed by atoms with E-state index in [0.717, 1.165) is 29.0 Å². The minimum atomic E-state index is -0.974. The third-order valence-electron chi connectivity index (χ3n) is 5.88. The van der Waals surface area contributed by atoms with Gasteiger partial charge in [-0.2, -0.15) is 0 Å². The Bertz CT molecular complexity index is 1140. The molecule has 0 aliphatic heterocycles. The van der Waals surface area contributed by atoms with Crippen LogP contribution in [0.3, 0.4) is 0 Å². The van der Waals surface area contributed by atoms with Gasteiger partial charge in [-0.1, -0.05) is 48.5 Å². The maximum absolute atomic E-state index is 13.1. The second kappa shape index (κ2) is 15.7. The molecule has 0 aromatic heterocycles. The fourth-order valence-corrected chi connectivity index (χ4v) is 4.67. The Morgan fingerprint density at radius 3 is 2.37 bits per heavy atom. The monoisotopic (exact) mass is 536 g/mol. The molecule has 0 aliphatic carbocycles. The van der Waals surface area contributed by atoms with E-state index >= 15 is 0 Å². The SMILES string of the molecule is CCOC(Cc1ccc(OCCN(CCCSc2ccccc2)C(=O)Nc2ccccc2C)cc1)C(=O)O. The Balaban J connectivity index is 1.54. The topological polar surface area (TPSA) is 88.1 Å². The Morgan fingerprint density at radius 1 is 0.974 bits per heavy atom. The van der Waals surface area contributed by atoms with Gasteiger partial charge in [0.05, 0.1) is 6.54 Å². The number of nitrogens with zero attached hydrogens (tertiary/aromatic N) is 1. The molecular weight excluding hydrogens is 500 g/mol. The van der Waals surface area contributed by atoms with E-state index in [1.165, 1.54) is 4.90 Å². The van der Waals surface area contributed by atoms with Crippen molar-refractivity contribution in [3.8, 4) is 5.75 Å². The molecule has 0 bridgehead atoms. The number of amides is 2. The number of anilines is 1. The average molecular weight is 537 g/mol. The number of hydrogen-bond acceptors (Lipinski definition) is 5. The molecule has 0 aliphatic rings. The van der Waals surface area contributed by atoms with Crippen LogP contribution in [0, 0.1) is 6.92 Å². The van der Waals surface area contributed by atoms with Gasteiger partial charge in [0.25, 0.3) is 0 Å². The number of carbonyl (C=O) groups is 2. The summed E-state index contributed by atoms with van der Waals surface area (Å²) in [5.41, 5.74) is 2.66. The second-order valence-electron chi connectivity index (χ2n) is 8.73. The largest absolute Gasteiger partial charge is 0.492 e. The molecule has 1 atom stereocenters. The minimum absolute atomic E-state index is 0.154. The van der Waals surface area contributed by atoms with Gasteiger partial charge in [0, 0.05) is 30.2 Å². The van der Waals surface area contributed by atoms with E-state index in [1.807, 2.05) is 73.7 Å². The lowest BCUT2D eigenvalue weighted by Crippen LogP contribution is -2.39. The Labute approximate surface area is 229 Å². The van der Waals surface area contributed by atoms with Crippen molar-refractivity contribution in [3.05, 3.63) is 90.0 Å². The van der Waals surface area contributed by atoms with Crippen molar-refractivity contribution in [1.82, 2.24) is 4.90 Å². The molecular formula is C30H36N2O5S. The number of carboxylic acids is 1. The van der Waals surface area contributed by atoms with E-state index in [2.05, 4.69) is 17.4 Å². The van der Waals surface area contributed by atoms with Crippen LogP contribution in [0.25, 0.3) is 0 Å². The van der Waals surface area contributed by atoms with E-state index in [4.69, 9.17) is 9.47 Å². The summed E-state index contributed by atoms with van der Waals surface area (Å²) in [5.74, 6) is 0.592. The molecule has 0 fully saturated rings. The zero-order valence-corrected chi connectivity index (χ0v) is 22.8. The summed E-state index contributed by atoms with van der Waals surface area (Å²) in [5, 5.41) is 12.3. The lowest BCUT2D eigenvalue weighted by Gasteiger charge is -2.24. The summed E-state index contributed by atoms with van der Waals surface area (Å²) in [6.45, 7) is 5.46.